The number of hydrogen-bond acceptors (Lipinski definition) is 6. The first-order valence-corrected chi connectivity index (χ1v) is 12.1. The van der Waals surface area contributed by atoms with Gasteiger partial charge in [-0.25, -0.2) is 9.97 Å². The van der Waals surface area contributed by atoms with Gasteiger partial charge in [0, 0.05) is 43.7 Å². The van der Waals surface area contributed by atoms with Gasteiger partial charge in [0.05, 0.1) is 5.75 Å². The van der Waals surface area contributed by atoms with E-state index < -0.39 is 0 Å². The van der Waals surface area contributed by atoms with Crippen LogP contribution in [0.25, 0.3) is 0 Å². The van der Waals surface area contributed by atoms with Crippen LogP contribution < -0.4 is 10.2 Å². The zero-order valence-corrected chi connectivity index (χ0v) is 19.7. The lowest BCUT2D eigenvalue weighted by atomic mass is 9.94. The van der Waals surface area contributed by atoms with Gasteiger partial charge in [0.25, 0.3) is 0 Å². The first-order valence-electron chi connectivity index (χ1n) is 10.7. The van der Waals surface area contributed by atoms with Crippen LogP contribution in [-0.4, -0.2) is 64.7 Å². The smallest absolute Gasteiger partial charge is 0.230 e. The van der Waals surface area contributed by atoms with Crippen LogP contribution in [0.2, 0.25) is 5.15 Å². The SMILES string of the molecule is CC(C)(C)C(=O)N1CCN(c2cc(Cl)nc(SCC(=O)NC3CCCCC3)n2)CC1. The van der Waals surface area contributed by atoms with Gasteiger partial charge in [0.15, 0.2) is 5.16 Å². The van der Waals surface area contributed by atoms with E-state index in [1.165, 1.54) is 31.0 Å². The normalized spacial score (nSPS) is 18.4. The van der Waals surface area contributed by atoms with E-state index in [0.717, 1.165) is 18.7 Å². The van der Waals surface area contributed by atoms with Crippen LogP contribution in [0.3, 0.4) is 0 Å². The zero-order valence-electron chi connectivity index (χ0n) is 18.1. The van der Waals surface area contributed by atoms with Crippen molar-refractivity contribution < 1.29 is 9.59 Å². The molecule has 3 rings (SSSR count). The summed E-state index contributed by atoms with van der Waals surface area (Å²) < 4.78 is 0. The highest BCUT2D eigenvalue weighted by Gasteiger charge is 2.30. The molecule has 2 aliphatic rings. The Morgan fingerprint density at radius 1 is 1.13 bits per heavy atom. The van der Waals surface area contributed by atoms with Gasteiger partial charge in [0.1, 0.15) is 11.0 Å². The first-order chi connectivity index (χ1) is 14.2. The summed E-state index contributed by atoms with van der Waals surface area (Å²) in [5, 5.41) is 3.98. The Labute approximate surface area is 188 Å². The second-order valence-corrected chi connectivity index (χ2v) is 10.4. The topological polar surface area (TPSA) is 78.4 Å². The van der Waals surface area contributed by atoms with Gasteiger partial charge < -0.3 is 15.1 Å². The molecule has 0 unspecified atom stereocenters. The number of anilines is 1. The summed E-state index contributed by atoms with van der Waals surface area (Å²) in [4.78, 5) is 37.6. The molecule has 1 aliphatic heterocycles. The third-order valence-electron chi connectivity index (χ3n) is 5.50. The van der Waals surface area contributed by atoms with Gasteiger partial charge in [-0.05, 0) is 12.8 Å². The molecule has 0 spiro atoms. The molecule has 1 aromatic rings. The van der Waals surface area contributed by atoms with Gasteiger partial charge in [0.2, 0.25) is 11.8 Å². The van der Waals surface area contributed by atoms with Crippen LogP contribution in [0.1, 0.15) is 52.9 Å². The number of rotatable bonds is 5. The standard InChI is InChI=1S/C21H32ClN5O2S/c1-21(2,3)19(29)27-11-9-26(10-12-27)17-13-16(22)24-20(25-17)30-14-18(28)23-15-7-5-4-6-8-15/h13,15H,4-12,14H2,1-3H3,(H,23,28). The minimum Gasteiger partial charge on any atom is -0.353 e. The monoisotopic (exact) mass is 453 g/mol. The van der Waals surface area contributed by atoms with E-state index in [1.54, 1.807) is 6.07 Å². The van der Waals surface area contributed by atoms with Crippen LogP contribution in [0, 0.1) is 5.41 Å². The van der Waals surface area contributed by atoms with E-state index in [1.807, 2.05) is 25.7 Å². The Morgan fingerprint density at radius 2 is 1.80 bits per heavy atom. The Balaban J connectivity index is 1.54. The maximum atomic E-state index is 12.5. The van der Waals surface area contributed by atoms with Crippen LogP contribution in [-0.2, 0) is 9.59 Å². The van der Waals surface area contributed by atoms with Crippen LogP contribution in [0.15, 0.2) is 11.2 Å². The van der Waals surface area contributed by atoms with Crippen molar-refractivity contribution in [3.8, 4) is 0 Å². The summed E-state index contributed by atoms with van der Waals surface area (Å²) in [5.74, 6) is 1.21. The summed E-state index contributed by atoms with van der Waals surface area (Å²) in [6.07, 6.45) is 5.77. The van der Waals surface area contributed by atoms with Gasteiger partial charge >= 0.3 is 0 Å². The Kier molecular flexibility index (Phi) is 7.85. The van der Waals surface area contributed by atoms with Crippen molar-refractivity contribution in [1.29, 1.82) is 0 Å². The zero-order chi connectivity index (χ0) is 21.7. The molecule has 0 atom stereocenters. The third kappa shape index (κ3) is 6.48. The van der Waals surface area contributed by atoms with Gasteiger partial charge in [-0.3, -0.25) is 9.59 Å². The molecular formula is C21H32ClN5O2S. The number of nitrogens with one attached hydrogen (secondary N) is 1. The minimum atomic E-state index is -0.373. The summed E-state index contributed by atoms with van der Waals surface area (Å²) >= 11 is 7.53. The molecule has 0 aromatic carbocycles. The van der Waals surface area contributed by atoms with Crippen LogP contribution >= 0.6 is 23.4 Å². The highest BCUT2D eigenvalue weighted by atomic mass is 35.5. The van der Waals surface area contributed by atoms with Gasteiger partial charge in [-0.15, -0.1) is 0 Å². The summed E-state index contributed by atoms with van der Waals surface area (Å²) in [6, 6.07) is 2.05. The molecule has 1 aliphatic carbocycles. The van der Waals surface area contributed by atoms with E-state index >= 15 is 0 Å². The Morgan fingerprint density at radius 3 is 2.43 bits per heavy atom. The van der Waals surface area contributed by atoms with Gasteiger partial charge in [-0.2, -0.15) is 0 Å². The van der Waals surface area contributed by atoms with Crippen molar-refractivity contribution in [2.75, 3.05) is 36.8 Å². The molecule has 2 heterocycles. The molecule has 1 saturated heterocycles. The molecular weight excluding hydrogens is 422 g/mol. The van der Waals surface area contributed by atoms with E-state index in [9.17, 15) is 9.59 Å². The summed E-state index contributed by atoms with van der Waals surface area (Å²) in [7, 11) is 0. The highest BCUT2D eigenvalue weighted by molar-refractivity contribution is 7.99. The average molecular weight is 454 g/mol. The number of halogens is 1. The number of carbonyl (C=O) groups excluding carboxylic acids is 2. The second-order valence-electron chi connectivity index (χ2n) is 9.05. The summed E-state index contributed by atoms with van der Waals surface area (Å²) in [5.41, 5.74) is -0.373. The molecule has 30 heavy (non-hydrogen) atoms. The average Bonchev–Trinajstić information content (AvgIpc) is 2.71. The largest absolute Gasteiger partial charge is 0.353 e. The molecule has 2 fully saturated rings. The van der Waals surface area contributed by atoms with Gasteiger partial charge in [-0.1, -0.05) is 63.4 Å². The van der Waals surface area contributed by atoms with Crippen LogP contribution in [0.5, 0.6) is 0 Å². The highest BCUT2D eigenvalue weighted by Crippen LogP contribution is 2.25. The number of hydrogen-bond donors (Lipinski definition) is 1. The van der Waals surface area contributed by atoms with Crippen molar-refractivity contribution in [2.24, 2.45) is 5.41 Å². The molecule has 7 nitrogen and oxygen atoms in total. The molecule has 0 radical (unpaired) electrons. The third-order valence-corrected chi connectivity index (χ3v) is 6.54. The number of aromatic nitrogens is 2. The fourth-order valence-corrected chi connectivity index (χ4v) is 4.76. The maximum Gasteiger partial charge on any atom is 0.230 e. The fraction of sp³-hybridized carbons (Fsp3) is 0.714. The summed E-state index contributed by atoms with van der Waals surface area (Å²) in [6.45, 7) is 8.54. The van der Waals surface area contributed by atoms with Crippen molar-refractivity contribution in [2.45, 2.75) is 64.1 Å². The Bertz CT molecular complexity index is 756. The van der Waals surface area contributed by atoms with Crippen molar-refractivity contribution in [3.05, 3.63) is 11.2 Å². The van der Waals surface area contributed by atoms with E-state index in [4.69, 9.17) is 11.6 Å². The van der Waals surface area contributed by atoms with Crippen molar-refractivity contribution >= 4 is 41.0 Å². The minimum absolute atomic E-state index is 0.0198. The van der Waals surface area contributed by atoms with Crippen molar-refractivity contribution in [1.82, 2.24) is 20.2 Å². The van der Waals surface area contributed by atoms with E-state index in [2.05, 4.69) is 20.2 Å². The fourth-order valence-electron chi connectivity index (χ4n) is 3.87. The predicted octanol–water partition coefficient (Wildman–Crippen LogP) is 3.37. The number of thioether (sulfide) groups is 1. The van der Waals surface area contributed by atoms with E-state index in [0.29, 0.717) is 42.5 Å². The Hall–Kier alpha value is -1.54. The molecule has 1 aromatic heterocycles. The lowest BCUT2D eigenvalue weighted by Gasteiger charge is -2.38. The van der Waals surface area contributed by atoms with Crippen LogP contribution in [0.4, 0.5) is 5.82 Å². The molecule has 166 valence electrons. The lowest BCUT2D eigenvalue weighted by molar-refractivity contribution is -0.139. The quantitative estimate of drug-likeness (QED) is 0.418. The number of carbonyl (C=O) groups is 2. The lowest BCUT2D eigenvalue weighted by Crippen LogP contribution is -2.51. The molecule has 1 saturated carbocycles. The molecule has 2 amide bonds. The first kappa shape index (κ1) is 23.1. The second kappa shape index (κ2) is 10.2. The maximum absolute atomic E-state index is 12.5. The number of amides is 2. The molecule has 1 N–H and O–H groups in total. The predicted molar refractivity (Wildman–Crippen MR) is 121 cm³/mol. The molecule has 9 heteroatoms. The number of nitrogens with zero attached hydrogens (tertiary/aromatic N) is 4. The number of piperazine rings is 1. The van der Waals surface area contributed by atoms with Crippen molar-refractivity contribution in [3.63, 3.8) is 0 Å². The van der Waals surface area contributed by atoms with E-state index in [-0.39, 0.29) is 23.0 Å². The molecule has 0 bridgehead atoms.